The van der Waals surface area contributed by atoms with Gasteiger partial charge in [-0.05, 0) is 44.4 Å². The number of aryl methyl sites for hydroxylation is 1. The summed E-state index contributed by atoms with van der Waals surface area (Å²) in [6.45, 7) is 11.8. The lowest BCUT2D eigenvalue weighted by Crippen LogP contribution is -2.52. The van der Waals surface area contributed by atoms with E-state index in [-0.39, 0.29) is 24.0 Å². The van der Waals surface area contributed by atoms with E-state index < -0.39 is 0 Å². The summed E-state index contributed by atoms with van der Waals surface area (Å²) in [4.78, 5) is 9.74. The second-order valence-corrected chi connectivity index (χ2v) is 6.99. The van der Waals surface area contributed by atoms with Crippen LogP contribution in [0.4, 0.5) is 5.69 Å². The fourth-order valence-electron chi connectivity index (χ4n) is 3.52. The Bertz CT molecular complexity index is 639. The van der Waals surface area contributed by atoms with Crippen LogP contribution in [0.25, 0.3) is 0 Å². The first-order chi connectivity index (χ1) is 12.8. The van der Waals surface area contributed by atoms with Gasteiger partial charge in [0.05, 0.1) is 13.2 Å². The standard InChI is InChI=1S/C21H32N4O.HI/c1-3-22-21(23-10-7-19-8-15-26-16-9-19)25-13-11-24(12-14-25)20-6-4-5-18(2)17-20;/h4-6,8,17H,3,7,9-16H2,1-2H3,(H,22,23);1H. The number of piperazine rings is 1. The summed E-state index contributed by atoms with van der Waals surface area (Å²) < 4.78 is 5.38. The second-order valence-electron chi connectivity index (χ2n) is 6.99. The van der Waals surface area contributed by atoms with E-state index >= 15 is 0 Å². The van der Waals surface area contributed by atoms with Gasteiger partial charge in [-0.1, -0.05) is 23.8 Å². The molecule has 0 atom stereocenters. The molecule has 0 unspecified atom stereocenters. The van der Waals surface area contributed by atoms with Crippen LogP contribution in [0.1, 0.15) is 25.3 Å². The number of nitrogens with zero attached hydrogens (tertiary/aromatic N) is 3. The normalized spacial score (nSPS) is 18.0. The van der Waals surface area contributed by atoms with Crippen molar-refractivity contribution in [3.8, 4) is 0 Å². The smallest absolute Gasteiger partial charge is 0.194 e. The summed E-state index contributed by atoms with van der Waals surface area (Å²) in [5, 5.41) is 3.47. The third-order valence-corrected chi connectivity index (χ3v) is 5.03. The molecule has 150 valence electrons. The highest BCUT2D eigenvalue weighted by Crippen LogP contribution is 2.18. The lowest BCUT2D eigenvalue weighted by Gasteiger charge is -2.37. The summed E-state index contributed by atoms with van der Waals surface area (Å²) >= 11 is 0. The molecule has 0 radical (unpaired) electrons. The number of nitrogens with one attached hydrogen (secondary N) is 1. The Hall–Kier alpha value is -1.28. The number of aliphatic imine (C=N–C) groups is 1. The lowest BCUT2D eigenvalue weighted by molar-refractivity contribution is 0.153. The summed E-state index contributed by atoms with van der Waals surface area (Å²) in [6, 6.07) is 8.79. The molecule has 1 N–H and O–H groups in total. The van der Waals surface area contributed by atoms with Crippen molar-refractivity contribution in [1.82, 2.24) is 10.2 Å². The van der Waals surface area contributed by atoms with Crippen molar-refractivity contribution in [2.75, 3.05) is 57.4 Å². The molecular weight excluding hydrogens is 451 g/mol. The van der Waals surface area contributed by atoms with Crippen LogP contribution in [0.5, 0.6) is 0 Å². The minimum atomic E-state index is 0. The highest BCUT2D eigenvalue weighted by atomic mass is 127. The van der Waals surface area contributed by atoms with Crippen molar-refractivity contribution in [2.24, 2.45) is 4.99 Å². The molecule has 5 nitrogen and oxygen atoms in total. The maximum atomic E-state index is 5.38. The predicted octanol–water partition coefficient (Wildman–Crippen LogP) is 3.44. The molecule has 0 spiro atoms. The van der Waals surface area contributed by atoms with Crippen LogP contribution in [0.2, 0.25) is 0 Å². The minimum Gasteiger partial charge on any atom is -0.377 e. The molecule has 0 aromatic heterocycles. The van der Waals surface area contributed by atoms with Crippen LogP contribution < -0.4 is 10.2 Å². The van der Waals surface area contributed by atoms with E-state index in [9.17, 15) is 0 Å². The van der Waals surface area contributed by atoms with Gasteiger partial charge in [-0.15, -0.1) is 24.0 Å². The molecule has 1 aromatic rings. The minimum absolute atomic E-state index is 0. The Labute approximate surface area is 180 Å². The number of halogens is 1. The molecule has 0 aliphatic carbocycles. The molecule has 2 aliphatic heterocycles. The third-order valence-electron chi connectivity index (χ3n) is 5.03. The number of hydrogen-bond acceptors (Lipinski definition) is 3. The highest BCUT2D eigenvalue weighted by molar-refractivity contribution is 14.0. The first-order valence-corrected chi connectivity index (χ1v) is 9.87. The van der Waals surface area contributed by atoms with Gasteiger partial charge in [-0.25, -0.2) is 0 Å². The van der Waals surface area contributed by atoms with Gasteiger partial charge in [0.2, 0.25) is 0 Å². The van der Waals surface area contributed by atoms with Gasteiger partial charge in [0, 0.05) is 45.0 Å². The van der Waals surface area contributed by atoms with E-state index in [1.54, 1.807) is 0 Å². The summed E-state index contributed by atoms with van der Waals surface area (Å²) in [5.74, 6) is 1.06. The number of hydrogen-bond donors (Lipinski definition) is 1. The van der Waals surface area contributed by atoms with Crippen molar-refractivity contribution in [1.29, 1.82) is 0 Å². The van der Waals surface area contributed by atoms with Crippen molar-refractivity contribution in [2.45, 2.75) is 26.7 Å². The fraction of sp³-hybridized carbons (Fsp3) is 0.571. The zero-order valence-electron chi connectivity index (χ0n) is 16.6. The largest absolute Gasteiger partial charge is 0.377 e. The molecule has 0 bridgehead atoms. The van der Waals surface area contributed by atoms with Crippen molar-refractivity contribution in [3.63, 3.8) is 0 Å². The number of rotatable bonds is 5. The van der Waals surface area contributed by atoms with E-state index in [1.807, 2.05) is 0 Å². The molecule has 1 aromatic carbocycles. The summed E-state index contributed by atoms with van der Waals surface area (Å²) in [6.07, 6.45) is 4.31. The van der Waals surface area contributed by atoms with Crippen LogP contribution in [0.3, 0.4) is 0 Å². The van der Waals surface area contributed by atoms with E-state index in [0.29, 0.717) is 0 Å². The number of benzene rings is 1. The molecule has 1 fully saturated rings. The molecular formula is C21H33IN4O. The van der Waals surface area contributed by atoms with Crippen molar-refractivity contribution >= 4 is 35.6 Å². The highest BCUT2D eigenvalue weighted by Gasteiger charge is 2.19. The van der Waals surface area contributed by atoms with Gasteiger partial charge in [-0.3, -0.25) is 4.99 Å². The number of ether oxygens (including phenoxy) is 1. The van der Waals surface area contributed by atoms with E-state index in [4.69, 9.17) is 9.73 Å². The van der Waals surface area contributed by atoms with Crippen LogP contribution in [-0.2, 0) is 4.74 Å². The Morgan fingerprint density at radius 3 is 2.70 bits per heavy atom. The summed E-state index contributed by atoms with van der Waals surface area (Å²) in [5.41, 5.74) is 4.14. The monoisotopic (exact) mass is 484 g/mol. The SMILES string of the molecule is CCNC(=NCCC1=CCOCC1)N1CCN(c2cccc(C)c2)CC1.I. The first-order valence-electron chi connectivity index (χ1n) is 9.87. The van der Waals surface area contributed by atoms with Crippen molar-refractivity contribution < 1.29 is 4.74 Å². The Morgan fingerprint density at radius 1 is 1.22 bits per heavy atom. The van der Waals surface area contributed by atoms with E-state index in [2.05, 4.69) is 59.3 Å². The molecule has 3 rings (SSSR count). The average Bonchev–Trinajstić information content (AvgIpc) is 2.68. The average molecular weight is 484 g/mol. The second kappa shape index (κ2) is 11.5. The number of anilines is 1. The quantitative estimate of drug-likeness (QED) is 0.301. The van der Waals surface area contributed by atoms with Crippen LogP contribution in [-0.4, -0.2) is 63.3 Å². The van der Waals surface area contributed by atoms with Gasteiger partial charge >= 0.3 is 0 Å². The summed E-state index contributed by atoms with van der Waals surface area (Å²) in [7, 11) is 0. The zero-order valence-corrected chi connectivity index (χ0v) is 18.9. The fourth-order valence-corrected chi connectivity index (χ4v) is 3.52. The Morgan fingerprint density at radius 2 is 2.04 bits per heavy atom. The van der Waals surface area contributed by atoms with Gasteiger partial charge < -0.3 is 19.9 Å². The Balaban J connectivity index is 0.00000261. The van der Waals surface area contributed by atoms with Crippen molar-refractivity contribution in [3.05, 3.63) is 41.5 Å². The maximum Gasteiger partial charge on any atom is 0.194 e. The first kappa shape index (κ1) is 22.0. The maximum absolute atomic E-state index is 5.38. The molecule has 1 saturated heterocycles. The molecule has 6 heteroatoms. The van der Waals surface area contributed by atoms with Crippen LogP contribution >= 0.6 is 24.0 Å². The number of guanidine groups is 1. The van der Waals surface area contributed by atoms with Crippen LogP contribution in [0.15, 0.2) is 40.9 Å². The third kappa shape index (κ3) is 6.68. The Kier molecular flexibility index (Phi) is 9.41. The predicted molar refractivity (Wildman–Crippen MR) is 124 cm³/mol. The van der Waals surface area contributed by atoms with Gasteiger partial charge in [0.1, 0.15) is 0 Å². The van der Waals surface area contributed by atoms with Crippen LogP contribution in [0, 0.1) is 6.92 Å². The molecule has 2 aliphatic rings. The molecule has 2 heterocycles. The van der Waals surface area contributed by atoms with Gasteiger partial charge in [-0.2, -0.15) is 0 Å². The lowest BCUT2D eigenvalue weighted by atomic mass is 10.1. The van der Waals surface area contributed by atoms with E-state index in [1.165, 1.54) is 16.8 Å². The zero-order chi connectivity index (χ0) is 18.2. The van der Waals surface area contributed by atoms with Gasteiger partial charge in [0.15, 0.2) is 5.96 Å². The van der Waals surface area contributed by atoms with E-state index in [0.717, 1.165) is 71.3 Å². The molecule has 0 saturated carbocycles. The molecule has 0 amide bonds. The van der Waals surface area contributed by atoms with Gasteiger partial charge in [0.25, 0.3) is 0 Å². The topological polar surface area (TPSA) is 40.1 Å². The molecule has 27 heavy (non-hydrogen) atoms.